The summed E-state index contributed by atoms with van der Waals surface area (Å²) in [4.78, 5) is 13.8. The first-order chi connectivity index (χ1) is 10.2. The second-order valence-corrected chi connectivity index (χ2v) is 6.96. The molecule has 0 unspecified atom stereocenters. The van der Waals surface area contributed by atoms with Gasteiger partial charge in [-0.1, -0.05) is 23.2 Å². The molecule has 1 heterocycles. The van der Waals surface area contributed by atoms with E-state index in [0.29, 0.717) is 11.5 Å². The molecule has 0 bridgehead atoms. The van der Waals surface area contributed by atoms with Crippen LogP contribution in [-0.2, 0) is 10.0 Å². The summed E-state index contributed by atoms with van der Waals surface area (Å²) in [5, 5.41) is 0.325. The van der Waals surface area contributed by atoms with Gasteiger partial charge in [0.2, 0.25) is 0 Å². The average molecular weight is 363 g/mol. The summed E-state index contributed by atoms with van der Waals surface area (Å²) in [6.07, 6.45) is 0. The molecule has 2 N–H and O–H groups in total. The van der Waals surface area contributed by atoms with Crippen LogP contribution in [0.5, 0.6) is 0 Å². The maximum Gasteiger partial charge on any atom is 0.269 e. The largest absolute Gasteiger partial charge is 0.466 e. The van der Waals surface area contributed by atoms with Gasteiger partial charge in [0.05, 0.1) is 20.5 Å². The molecule has 0 spiro atoms. The van der Waals surface area contributed by atoms with E-state index in [1.165, 1.54) is 24.3 Å². The number of hydrogen-bond acceptors (Lipinski definition) is 4. The highest BCUT2D eigenvalue weighted by Crippen LogP contribution is 2.24. The lowest BCUT2D eigenvalue weighted by molar-refractivity contribution is 0.0943. The van der Waals surface area contributed by atoms with Crippen LogP contribution in [0.3, 0.4) is 0 Å². The first-order valence-electron chi connectivity index (χ1n) is 6.05. The van der Waals surface area contributed by atoms with Crippen molar-refractivity contribution in [2.24, 2.45) is 0 Å². The molecule has 2 rings (SSSR count). The highest BCUT2D eigenvalue weighted by molar-refractivity contribution is 7.89. The number of aryl methyl sites for hydroxylation is 2. The van der Waals surface area contributed by atoms with Crippen LogP contribution in [0.1, 0.15) is 21.9 Å². The molecule has 1 amide bonds. The predicted octanol–water partition coefficient (Wildman–Crippen LogP) is 2.83. The third kappa shape index (κ3) is 3.61. The molecule has 0 fully saturated rings. The van der Waals surface area contributed by atoms with Crippen LogP contribution in [0.2, 0.25) is 10.0 Å². The molecular weight excluding hydrogens is 351 g/mol. The Morgan fingerprint density at radius 3 is 2.36 bits per heavy atom. The van der Waals surface area contributed by atoms with Crippen molar-refractivity contribution in [3.8, 4) is 0 Å². The van der Waals surface area contributed by atoms with E-state index in [0.717, 1.165) is 0 Å². The number of furan rings is 1. The summed E-state index contributed by atoms with van der Waals surface area (Å²) in [6.45, 7) is 3.29. The van der Waals surface area contributed by atoms with Gasteiger partial charge < -0.3 is 4.42 Å². The maximum absolute atomic E-state index is 12.1. The van der Waals surface area contributed by atoms with Crippen LogP contribution in [-0.4, -0.2) is 14.3 Å². The van der Waals surface area contributed by atoms with Crippen LogP contribution in [0, 0.1) is 13.8 Å². The predicted molar refractivity (Wildman–Crippen MR) is 82.4 cm³/mol. The van der Waals surface area contributed by atoms with Gasteiger partial charge in [-0.15, -0.1) is 4.83 Å². The molecule has 22 heavy (non-hydrogen) atoms. The standard InChI is InChI=1S/C13H12Cl2N2O4S/c1-7-5-10(8(2)21-7)13(18)16-17-22(19,20)9-3-4-11(14)12(15)6-9/h3-6,17H,1-2H3,(H,16,18). The zero-order valence-corrected chi connectivity index (χ0v) is 13.9. The number of halogens is 2. The molecule has 6 nitrogen and oxygen atoms in total. The van der Waals surface area contributed by atoms with E-state index in [1.54, 1.807) is 13.8 Å². The van der Waals surface area contributed by atoms with E-state index < -0.39 is 15.9 Å². The number of hydrogen-bond donors (Lipinski definition) is 2. The lowest BCUT2D eigenvalue weighted by atomic mass is 10.2. The number of carbonyl (C=O) groups is 1. The summed E-state index contributed by atoms with van der Waals surface area (Å²) in [6, 6.07) is 5.32. The smallest absolute Gasteiger partial charge is 0.269 e. The van der Waals surface area contributed by atoms with E-state index in [2.05, 4.69) is 5.43 Å². The van der Waals surface area contributed by atoms with Gasteiger partial charge >= 0.3 is 0 Å². The topological polar surface area (TPSA) is 88.4 Å². The molecule has 0 radical (unpaired) electrons. The van der Waals surface area contributed by atoms with E-state index in [9.17, 15) is 13.2 Å². The molecule has 0 aliphatic heterocycles. The summed E-state index contributed by atoms with van der Waals surface area (Å²) in [5.41, 5.74) is 2.36. The number of amides is 1. The van der Waals surface area contributed by atoms with Crippen molar-refractivity contribution < 1.29 is 17.6 Å². The number of benzene rings is 1. The molecule has 0 saturated heterocycles. The first-order valence-corrected chi connectivity index (χ1v) is 8.29. The number of sulfonamides is 1. The highest BCUT2D eigenvalue weighted by Gasteiger charge is 2.19. The Morgan fingerprint density at radius 1 is 1.14 bits per heavy atom. The molecule has 9 heteroatoms. The Bertz CT molecular complexity index is 831. The van der Waals surface area contributed by atoms with E-state index >= 15 is 0 Å². The van der Waals surface area contributed by atoms with Crippen molar-refractivity contribution in [3.05, 3.63) is 51.4 Å². The SMILES string of the molecule is Cc1cc(C(=O)NNS(=O)(=O)c2ccc(Cl)c(Cl)c2)c(C)o1. The van der Waals surface area contributed by atoms with Crippen LogP contribution in [0.15, 0.2) is 33.6 Å². The van der Waals surface area contributed by atoms with Crippen molar-refractivity contribution in [1.29, 1.82) is 0 Å². The van der Waals surface area contributed by atoms with Crippen LogP contribution in [0.4, 0.5) is 0 Å². The fourth-order valence-electron chi connectivity index (χ4n) is 1.74. The maximum atomic E-state index is 12.1. The molecule has 1 aromatic heterocycles. The van der Waals surface area contributed by atoms with Crippen LogP contribution < -0.4 is 10.3 Å². The molecule has 0 saturated carbocycles. The van der Waals surface area contributed by atoms with Crippen molar-refractivity contribution in [1.82, 2.24) is 10.3 Å². The van der Waals surface area contributed by atoms with Gasteiger partial charge in [0.15, 0.2) is 0 Å². The van der Waals surface area contributed by atoms with Gasteiger partial charge in [-0.3, -0.25) is 10.2 Å². The van der Waals surface area contributed by atoms with Crippen molar-refractivity contribution in [2.75, 3.05) is 0 Å². The molecule has 0 aliphatic rings. The van der Waals surface area contributed by atoms with E-state index in [-0.39, 0.29) is 20.5 Å². The number of carbonyl (C=O) groups excluding carboxylic acids is 1. The lowest BCUT2D eigenvalue weighted by Crippen LogP contribution is -2.41. The Labute approximate surface area is 137 Å². The summed E-state index contributed by atoms with van der Waals surface area (Å²) < 4.78 is 29.4. The molecule has 118 valence electrons. The quantitative estimate of drug-likeness (QED) is 0.818. The molecule has 2 aromatic rings. The molecule has 0 atom stereocenters. The van der Waals surface area contributed by atoms with Gasteiger partial charge in [-0.05, 0) is 38.1 Å². The van der Waals surface area contributed by atoms with Gasteiger partial charge in [0.1, 0.15) is 11.5 Å². The minimum atomic E-state index is -3.96. The van der Waals surface area contributed by atoms with Crippen molar-refractivity contribution >= 4 is 39.1 Å². The van der Waals surface area contributed by atoms with Gasteiger partial charge in [0.25, 0.3) is 15.9 Å². The Hall–Kier alpha value is -1.54. The minimum Gasteiger partial charge on any atom is -0.466 e. The second kappa shape index (κ2) is 6.29. The monoisotopic (exact) mass is 362 g/mol. The Morgan fingerprint density at radius 2 is 1.82 bits per heavy atom. The van der Waals surface area contributed by atoms with Crippen molar-refractivity contribution in [2.45, 2.75) is 18.7 Å². The molecule has 0 aliphatic carbocycles. The van der Waals surface area contributed by atoms with Gasteiger partial charge in [-0.2, -0.15) is 0 Å². The van der Waals surface area contributed by atoms with Crippen LogP contribution in [0.25, 0.3) is 0 Å². The Balaban J connectivity index is 2.14. The highest BCUT2D eigenvalue weighted by atomic mass is 35.5. The zero-order chi connectivity index (χ0) is 16.5. The fourth-order valence-corrected chi connectivity index (χ4v) is 2.97. The van der Waals surface area contributed by atoms with Crippen LogP contribution >= 0.6 is 23.2 Å². The van der Waals surface area contributed by atoms with E-state index in [4.69, 9.17) is 27.6 Å². The normalized spacial score (nSPS) is 11.5. The van der Waals surface area contributed by atoms with E-state index in [1.807, 2.05) is 4.83 Å². The summed E-state index contributed by atoms with van der Waals surface area (Å²) in [5.74, 6) is 0.316. The second-order valence-electron chi connectivity index (χ2n) is 4.46. The number of rotatable bonds is 4. The summed E-state index contributed by atoms with van der Waals surface area (Å²) in [7, 11) is -3.96. The fraction of sp³-hybridized carbons (Fsp3) is 0.154. The zero-order valence-electron chi connectivity index (χ0n) is 11.6. The van der Waals surface area contributed by atoms with Crippen molar-refractivity contribution in [3.63, 3.8) is 0 Å². The van der Waals surface area contributed by atoms with Gasteiger partial charge in [-0.25, -0.2) is 8.42 Å². The third-order valence-electron chi connectivity index (χ3n) is 2.79. The molecule has 1 aromatic carbocycles. The first kappa shape index (κ1) is 16.8. The van der Waals surface area contributed by atoms with Gasteiger partial charge in [0, 0.05) is 0 Å². The Kier molecular flexibility index (Phi) is 4.81. The average Bonchev–Trinajstić information content (AvgIpc) is 2.78. The lowest BCUT2D eigenvalue weighted by Gasteiger charge is -2.08. The third-order valence-corrected chi connectivity index (χ3v) is 4.77. The summed E-state index contributed by atoms with van der Waals surface area (Å²) >= 11 is 11.5. The number of nitrogens with one attached hydrogen (secondary N) is 2. The molecular formula is C13H12Cl2N2O4S. The number of hydrazine groups is 1. The minimum absolute atomic E-state index is 0.0946.